The standard InChI is InChI=1S/C25H18N4O5S2/c1-32-19-13-15(9-10-18(19)34-24(31)20-8-5-11-35-20)12-17-22(26)29-25(27-23(17)30)36-21(28-29)14-33-16-6-3-2-4-7-16/h2-13,26H,14H2,1H3/b17-12-,26-22?. The number of hydrogen-bond donors (Lipinski definition) is 1. The number of aliphatic imine (C=N–C) groups is 1. The average molecular weight is 519 g/mol. The van der Waals surface area contributed by atoms with Crippen LogP contribution in [-0.2, 0) is 4.79 Å². The van der Waals surface area contributed by atoms with E-state index in [0.717, 1.165) is 0 Å². The van der Waals surface area contributed by atoms with Crippen LogP contribution < -0.4 is 14.2 Å². The fourth-order valence-electron chi connectivity index (χ4n) is 3.32. The first kappa shape index (κ1) is 23.5. The second kappa shape index (κ2) is 10.2. The van der Waals surface area contributed by atoms with Gasteiger partial charge in [0, 0.05) is 0 Å². The Morgan fingerprint density at radius 2 is 1.94 bits per heavy atom. The molecular weight excluding hydrogens is 500 g/mol. The van der Waals surface area contributed by atoms with Crippen LogP contribution in [0.25, 0.3) is 6.08 Å². The van der Waals surface area contributed by atoms with E-state index >= 15 is 0 Å². The van der Waals surface area contributed by atoms with Gasteiger partial charge in [-0.15, -0.1) is 11.3 Å². The topological polar surface area (TPSA) is 114 Å². The number of fused-ring (bicyclic) bond motifs is 1. The van der Waals surface area contributed by atoms with Crippen molar-refractivity contribution in [1.82, 2.24) is 5.01 Å². The highest BCUT2D eigenvalue weighted by Gasteiger charge is 2.35. The van der Waals surface area contributed by atoms with E-state index in [1.807, 2.05) is 30.3 Å². The van der Waals surface area contributed by atoms with Crippen molar-refractivity contribution in [2.24, 2.45) is 10.1 Å². The second-order valence-corrected chi connectivity index (χ2v) is 9.38. The monoisotopic (exact) mass is 518 g/mol. The van der Waals surface area contributed by atoms with E-state index in [0.29, 0.717) is 32.2 Å². The summed E-state index contributed by atoms with van der Waals surface area (Å²) in [6.45, 7) is 0.188. The first-order valence-electron chi connectivity index (χ1n) is 10.6. The molecule has 0 saturated heterocycles. The first-order valence-corrected chi connectivity index (χ1v) is 12.3. The Balaban J connectivity index is 1.33. The lowest BCUT2D eigenvalue weighted by atomic mass is 10.1. The summed E-state index contributed by atoms with van der Waals surface area (Å²) in [6.07, 6.45) is 1.52. The van der Waals surface area contributed by atoms with Gasteiger partial charge in [0.1, 0.15) is 22.3 Å². The molecule has 0 fully saturated rings. The molecule has 11 heteroatoms. The zero-order chi connectivity index (χ0) is 25.1. The number of rotatable bonds is 7. The Labute approximate surface area is 214 Å². The zero-order valence-electron chi connectivity index (χ0n) is 18.8. The molecule has 2 aromatic carbocycles. The maximum atomic E-state index is 12.7. The van der Waals surface area contributed by atoms with Crippen LogP contribution in [-0.4, -0.2) is 46.6 Å². The third-order valence-electron chi connectivity index (χ3n) is 5.03. The molecule has 3 aromatic rings. The number of nitrogens with zero attached hydrogens (tertiary/aromatic N) is 3. The predicted molar refractivity (Wildman–Crippen MR) is 139 cm³/mol. The van der Waals surface area contributed by atoms with Crippen molar-refractivity contribution in [3.8, 4) is 17.2 Å². The summed E-state index contributed by atoms with van der Waals surface area (Å²) in [7, 11) is 1.45. The largest absolute Gasteiger partial charge is 0.493 e. The molecule has 36 heavy (non-hydrogen) atoms. The smallest absolute Gasteiger partial charge is 0.353 e. The second-order valence-electron chi connectivity index (χ2n) is 7.39. The van der Waals surface area contributed by atoms with Crippen molar-refractivity contribution in [1.29, 1.82) is 5.41 Å². The number of ether oxygens (including phenoxy) is 3. The predicted octanol–water partition coefficient (Wildman–Crippen LogP) is 4.67. The van der Waals surface area contributed by atoms with Crippen LogP contribution >= 0.6 is 23.1 Å². The van der Waals surface area contributed by atoms with Crippen molar-refractivity contribution in [3.05, 3.63) is 82.1 Å². The molecular formula is C25H18N4O5S2. The lowest BCUT2D eigenvalue weighted by Gasteiger charge is -2.20. The van der Waals surface area contributed by atoms with E-state index in [2.05, 4.69) is 10.1 Å². The van der Waals surface area contributed by atoms with Crippen molar-refractivity contribution in [3.63, 3.8) is 0 Å². The molecule has 0 aliphatic carbocycles. The molecule has 5 rings (SSSR count). The SMILES string of the molecule is COc1cc(/C=C2/C(=N)N3N=C(COc4ccccc4)SC3=NC2=O)ccc1OC(=O)c1cccs1. The van der Waals surface area contributed by atoms with E-state index < -0.39 is 11.9 Å². The quantitative estimate of drug-likeness (QED) is 0.275. The number of hydrogen-bond acceptors (Lipinski definition) is 9. The maximum Gasteiger partial charge on any atom is 0.353 e. The molecule has 0 spiro atoms. The van der Waals surface area contributed by atoms with Crippen LogP contribution in [0.4, 0.5) is 0 Å². The highest BCUT2D eigenvalue weighted by Crippen LogP contribution is 2.32. The summed E-state index contributed by atoms with van der Waals surface area (Å²) in [5.41, 5.74) is 0.636. The summed E-state index contributed by atoms with van der Waals surface area (Å²) < 4.78 is 16.5. The molecule has 1 N–H and O–H groups in total. The summed E-state index contributed by atoms with van der Waals surface area (Å²) >= 11 is 2.46. The van der Waals surface area contributed by atoms with Gasteiger partial charge in [-0.2, -0.15) is 15.1 Å². The van der Waals surface area contributed by atoms with Crippen LogP contribution in [0.3, 0.4) is 0 Å². The van der Waals surface area contributed by atoms with Crippen molar-refractivity contribution in [2.75, 3.05) is 13.7 Å². The molecule has 0 saturated carbocycles. The molecule has 1 aromatic heterocycles. The Hall–Kier alpha value is -4.22. The number of methoxy groups -OCH3 is 1. The van der Waals surface area contributed by atoms with E-state index in [1.165, 1.54) is 41.3 Å². The van der Waals surface area contributed by atoms with E-state index in [9.17, 15) is 9.59 Å². The minimum Gasteiger partial charge on any atom is -0.493 e. The Morgan fingerprint density at radius 3 is 2.69 bits per heavy atom. The number of hydrazone groups is 1. The number of para-hydroxylation sites is 1. The molecule has 0 radical (unpaired) electrons. The van der Waals surface area contributed by atoms with Crippen LogP contribution in [0.2, 0.25) is 0 Å². The molecule has 0 bridgehead atoms. The molecule has 1 amide bonds. The minimum absolute atomic E-state index is 0.0683. The molecule has 0 atom stereocenters. The van der Waals surface area contributed by atoms with Gasteiger partial charge in [-0.1, -0.05) is 30.3 Å². The van der Waals surface area contributed by atoms with Gasteiger partial charge in [-0.05, 0) is 59.1 Å². The number of carbonyl (C=O) groups excluding carboxylic acids is 2. The van der Waals surface area contributed by atoms with Gasteiger partial charge in [-0.25, -0.2) is 4.79 Å². The van der Waals surface area contributed by atoms with Crippen molar-refractivity contribution < 1.29 is 23.8 Å². The molecule has 0 unspecified atom stereocenters. The number of amidine groups is 2. The fraction of sp³-hybridized carbons (Fsp3) is 0.0800. The third kappa shape index (κ3) is 4.92. The van der Waals surface area contributed by atoms with Crippen LogP contribution in [0.15, 0.2) is 81.7 Å². The summed E-state index contributed by atoms with van der Waals surface area (Å²) in [6, 6.07) is 17.6. The minimum atomic E-state index is -0.550. The molecule has 2 aliphatic rings. The van der Waals surface area contributed by atoms with Gasteiger partial charge in [0.05, 0.1) is 12.7 Å². The summed E-state index contributed by atoms with van der Waals surface area (Å²) in [4.78, 5) is 29.6. The number of amides is 1. The lowest BCUT2D eigenvalue weighted by Crippen LogP contribution is -2.35. The van der Waals surface area contributed by atoms with Crippen LogP contribution in [0, 0.1) is 5.41 Å². The number of esters is 1. The van der Waals surface area contributed by atoms with Crippen LogP contribution in [0.5, 0.6) is 17.2 Å². The zero-order valence-corrected chi connectivity index (χ0v) is 20.5. The fourth-order valence-corrected chi connectivity index (χ4v) is 4.72. The number of carbonyl (C=O) groups is 2. The Morgan fingerprint density at radius 1 is 1.11 bits per heavy atom. The maximum absolute atomic E-state index is 12.7. The molecule has 2 aliphatic heterocycles. The van der Waals surface area contributed by atoms with Gasteiger partial charge in [0.25, 0.3) is 5.91 Å². The van der Waals surface area contributed by atoms with Gasteiger partial charge in [-0.3, -0.25) is 10.2 Å². The Bertz CT molecular complexity index is 1430. The van der Waals surface area contributed by atoms with Gasteiger partial charge in [0.15, 0.2) is 17.3 Å². The van der Waals surface area contributed by atoms with Crippen LogP contribution in [0.1, 0.15) is 15.2 Å². The third-order valence-corrected chi connectivity index (χ3v) is 6.76. The van der Waals surface area contributed by atoms with E-state index in [-0.39, 0.29) is 23.8 Å². The van der Waals surface area contributed by atoms with Crippen molar-refractivity contribution >= 4 is 57.1 Å². The van der Waals surface area contributed by atoms with E-state index in [1.54, 1.807) is 35.7 Å². The summed E-state index contributed by atoms with van der Waals surface area (Å²) in [5, 5.41) is 16.9. The Kier molecular flexibility index (Phi) is 6.65. The van der Waals surface area contributed by atoms with Crippen molar-refractivity contribution in [2.45, 2.75) is 0 Å². The first-order chi connectivity index (χ1) is 17.5. The number of benzene rings is 2. The highest BCUT2D eigenvalue weighted by molar-refractivity contribution is 8.27. The average Bonchev–Trinajstić information content (AvgIpc) is 3.57. The summed E-state index contributed by atoms with van der Waals surface area (Å²) in [5.74, 6) is 0.107. The molecule has 9 nitrogen and oxygen atoms in total. The molecule has 180 valence electrons. The lowest BCUT2D eigenvalue weighted by molar-refractivity contribution is -0.114. The highest BCUT2D eigenvalue weighted by atomic mass is 32.2. The molecule has 3 heterocycles. The number of thioether (sulfide) groups is 1. The van der Waals surface area contributed by atoms with Gasteiger partial charge >= 0.3 is 5.97 Å². The number of nitrogens with one attached hydrogen (secondary N) is 1. The number of thiophene rings is 1. The van der Waals surface area contributed by atoms with Gasteiger partial charge in [0.2, 0.25) is 5.17 Å². The van der Waals surface area contributed by atoms with E-state index in [4.69, 9.17) is 19.6 Å². The van der Waals surface area contributed by atoms with Gasteiger partial charge < -0.3 is 14.2 Å². The normalized spacial score (nSPS) is 15.9.